The number of ether oxygens (including phenoxy) is 2. The molecule has 2 N–H and O–H groups in total. The van der Waals surface area contributed by atoms with Crippen molar-refractivity contribution in [2.24, 2.45) is 10.9 Å². The second-order valence-electron chi connectivity index (χ2n) is 7.79. The van der Waals surface area contributed by atoms with Crippen LogP contribution in [0.5, 0.6) is 0 Å². The van der Waals surface area contributed by atoms with Crippen molar-refractivity contribution < 1.29 is 9.47 Å². The van der Waals surface area contributed by atoms with Gasteiger partial charge in [-0.3, -0.25) is 4.99 Å². The molecule has 26 heavy (non-hydrogen) atoms. The molecule has 2 aliphatic heterocycles. The zero-order valence-electron chi connectivity index (χ0n) is 17.1. The molecule has 2 rings (SSSR count). The Morgan fingerprint density at radius 3 is 2.58 bits per heavy atom. The molecule has 2 heterocycles. The van der Waals surface area contributed by atoms with Crippen LogP contribution in [0.1, 0.15) is 52.9 Å². The van der Waals surface area contributed by atoms with Gasteiger partial charge in [0.1, 0.15) is 0 Å². The predicted octanol–water partition coefficient (Wildman–Crippen LogP) is 2.25. The molecule has 0 aromatic heterocycles. The van der Waals surface area contributed by atoms with Crippen LogP contribution in [0.25, 0.3) is 0 Å². The van der Waals surface area contributed by atoms with Gasteiger partial charge in [0.15, 0.2) is 5.96 Å². The van der Waals surface area contributed by atoms with E-state index >= 15 is 0 Å². The summed E-state index contributed by atoms with van der Waals surface area (Å²) in [7, 11) is 0. The van der Waals surface area contributed by atoms with Crippen LogP contribution in [0.15, 0.2) is 4.99 Å². The van der Waals surface area contributed by atoms with E-state index < -0.39 is 0 Å². The molecule has 0 spiro atoms. The summed E-state index contributed by atoms with van der Waals surface area (Å²) in [5.41, 5.74) is 0. The maximum Gasteiger partial charge on any atom is 0.191 e. The topological polar surface area (TPSA) is 58.1 Å². The first-order valence-electron chi connectivity index (χ1n) is 10.6. The Labute approximate surface area is 160 Å². The van der Waals surface area contributed by atoms with Crippen LogP contribution in [0.3, 0.4) is 0 Å². The van der Waals surface area contributed by atoms with Crippen LogP contribution in [-0.2, 0) is 9.47 Å². The number of piperidine rings is 1. The molecule has 152 valence electrons. The molecule has 0 amide bonds. The predicted molar refractivity (Wildman–Crippen MR) is 108 cm³/mol. The van der Waals surface area contributed by atoms with Crippen molar-refractivity contribution in [1.29, 1.82) is 0 Å². The number of likely N-dealkylation sites (tertiary alicyclic amines) is 1. The molecule has 2 fully saturated rings. The molecular formula is C20H40N4O2. The fraction of sp³-hybridized carbons (Fsp3) is 0.950. The molecule has 0 aliphatic carbocycles. The Morgan fingerprint density at radius 1 is 1.19 bits per heavy atom. The zero-order valence-corrected chi connectivity index (χ0v) is 17.1. The molecule has 6 nitrogen and oxygen atoms in total. The van der Waals surface area contributed by atoms with Crippen LogP contribution in [0.2, 0.25) is 0 Å². The van der Waals surface area contributed by atoms with Gasteiger partial charge in [-0.25, -0.2) is 0 Å². The van der Waals surface area contributed by atoms with Crippen molar-refractivity contribution >= 4 is 5.96 Å². The summed E-state index contributed by atoms with van der Waals surface area (Å²) in [6.07, 6.45) is 5.64. The molecule has 0 atom stereocenters. The van der Waals surface area contributed by atoms with Gasteiger partial charge in [0.2, 0.25) is 0 Å². The molecule has 2 aliphatic rings. The van der Waals surface area contributed by atoms with Gasteiger partial charge in [-0.05, 0) is 58.8 Å². The fourth-order valence-electron chi connectivity index (χ4n) is 3.59. The average molecular weight is 369 g/mol. The van der Waals surface area contributed by atoms with Crippen molar-refractivity contribution in [3.05, 3.63) is 0 Å². The minimum Gasteiger partial charge on any atom is -0.381 e. The van der Waals surface area contributed by atoms with E-state index in [1.807, 2.05) is 0 Å². The third-order valence-corrected chi connectivity index (χ3v) is 5.36. The van der Waals surface area contributed by atoms with Gasteiger partial charge in [-0.2, -0.15) is 0 Å². The number of aliphatic imine (C=N–C) groups is 1. The second kappa shape index (κ2) is 12.5. The molecule has 0 radical (unpaired) electrons. The normalized spacial score (nSPS) is 21.3. The van der Waals surface area contributed by atoms with Gasteiger partial charge < -0.3 is 25.0 Å². The third kappa shape index (κ3) is 8.23. The molecule has 0 unspecified atom stereocenters. The smallest absolute Gasteiger partial charge is 0.191 e. The minimum absolute atomic E-state index is 0.535. The highest BCUT2D eigenvalue weighted by atomic mass is 16.5. The molecule has 0 aromatic rings. The Hall–Kier alpha value is -0.850. The summed E-state index contributed by atoms with van der Waals surface area (Å²) in [5, 5.41) is 6.99. The Morgan fingerprint density at radius 2 is 1.92 bits per heavy atom. The van der Waals surface area contributed by atoms with Gasteiger partial charge in [-0.15, -0.1) is 0 Å². The van der Waals surface area contributed by atoms with Gasteiger partial charge in [-0.1, -0.05) is 0 Å². The summed E-state index contributed by atoms with van der Waals surface area (Å²) in [5.74, 6) is 1.64. The van der Waals surface area contributed by atoms with Crippen LogP contribution in [0.4, 0.5) is 0 Å². The van der Waals surface area contributed by atoms with Crippen molar-refractivity contribution in [2.75, 3.05) is 52.6 Å². The Bertz CT molecular complexity index is 389. The molecule has 0 saturated carbocycles. The highest BCUT2D eigenvalue weighted by Gasteiger charge is 2.21. The van der Waals surface area contributed by atoms with Crippen LogP contribution in [0, 0.1) is 5.92 Å². The SMILES string of the molecule is CCNC(=NCCCOCC1CCOCC1)NC1CCN(C(C)C)CC1. The maximum absolute atomic E-state index is 5.83. The first-order valence-corrected chi connectivity index (χ1v) is 10.6. The van der Waals surface area contributed by atoms with Gasteiger partial charge in [0.25, 0.3) is 0 Å². The van der Waals surface area contributed by atoms with E-state index in [-0.39, 0.29) is 0 Å². The number of nitrogens with one attached hydrogen (secondary N) is 2. The average Bonchev–Trinajstić information content (AvgIpc) is 2.66. The van der Waals surface area contributed by atoms with E-state index in [9.17, 15) is 0 Å². The summed E-state index contributed by atoms with van der Waals surface area (Å²) >= 11 is 0. The number of rotatable bonds is 9. The maximum atomic E-state index is 5.83. The molecule has 0 aromatic carbocycles. The van der Waals surface area contributed by atoms with Crippen molar-refractivity contribution in [3.63, 3.8) is 0 Å². The Kier molecular flexibility index (Phi) is 10.3. The van der Waals surface area contributed by atoms with Gasteiger partial charge in [0, 0.05) is 64.7 Å². The summed E-state index contributed by atoms with van der Waals surface area (Å²) in [4.78, 5) is 7.28. The zero-order chi connectivity index (χ0) is 18.6. The molecular weight excluding hydrogens is 328 g/mol. The second-order valence-corrected chi connectivity index (χ2v) is 7.79. The van der Waals surface area contributed by atoms with E-state index in [0.717, 1.165) is 64.7 Å². The lowest BCUT2D eigenvalue weighted by Crippen LogP contribution is -2.49. The first-order chi connectivity index (χ1) is 12.7. The van der Waals surface area contributed by atoms with Crippen molar-refractivity contribution in [1.82, 2.24) is 15.5 Å². The van der Waals surface area contributed by atoms with Crippen molar-refractivity contribution in [3.8, 4) is 0 Å². The van der Waals surface area contributed by atoms with E-state index in [2.05, 4.69) is 36.3 Å². The van der Waals surface area contributed by atoms with Crippen molar-refractivity contribution in [2.45, 2.75) is 65.0 Å². The highest BCUT2D eigenvalue weighted by Crippen LogP contribution is 2.15. The summed E-state index contributed by atoms with van der Waals surface area (Å²) < 4.78 is 11.2. The number of nitrogens with zero attached hydrogens (tertiary/aromatic N) is 2. The quantitative estimate of drug-likeness (QED) is 0.371. The van der Waals surface area contributed by atoms with Gasteiger partial charge >= 0.3 is 0 Å². The molecule has 2 saturated heterocycles. The third-order valence-electron chi connectivity index (χ3n) is 5.36. The highest BCUT2D eigenvalue weighted by molar-refractivity contribution is 5.80. The lowest BCUT2D eigenvalue weighted by Gasteiger charge is -2.35. The Balaban J connectivity index is 1.60. The lowest BCUT2D eigenvalue weighted by molar-refractivity contribution is 0.0205. The molecule has 6 heteroatoms. The standard InChI is InChI=1S/C20H40N4O2/c1-4-21-20(23-19-6-11-24(12-7-19)17(2)3)22-10-5-13-26-16-18-8-14-25-15-9-18/h17-19H,4-16H2,1-3H3,(H2,21,22,23). The van der Waals surface area contributed by atoms with E-state index in [0.29, 0.717) is 18.0 Å². The number of hydrogen-bond donors (Lipinski definition) is 2. The van der Waals surface area contributed by atoms with Crippen LogP contribution in [-0.4, -0.2) is 75.5 Å². The van der Waals surface area contributed by atoms with E-state index in [1.165, 1.54) is 25.9 Å². The number of guanidine groups is 1. The summed E-state index contributed by atoms with van der Waals surface area (Å²) in [6, 6.07) is 1.19. The molecule has 0 bridgehead atoms. The van der Waals surface area contributed by atoms with E-state index in [1.54, 1.807) is 0 Å². The lowest BCUT2D eigenvalue weighted by atomic mass is 10.0. The first kappa shape index (κ1) is 21.5. The number of hydrogen-bond acceptors (Lipinski definition) is 4. The fourth-order valence-corrected chi connectivity index (χ4v) is 3.59. The summed E-state index contributed by atoms with van der Waals surface area (Å²) in [6.45, 7) is 14.2. The van der Waals surface area contributed by atoms with E-state index in [4.69, 9.17) is 14.5 Å². The largest absolute Gasteiger partial charge is 0.381 e. The van der Waals surface area contributed by atoms with Gasteiger partial charge in [0.05, 0.1) is 0 Å². The monoisotopic (exact) mass is 368 g/mol. The van der Waals surface area contributed by atoms with Crippen LogP contribution < -0.4 is 10.6 Å². The minimum atomic E-state index is 0.535. The van der Waals surface area contributed by atoms with Crippen LogP contribution >= 0.6 is 0 Å².